The Labute approximate surface area is 102 Å². The number of benzene rings is 1. The van der Waals surface area contributed by atoms with Gasteiger partial charge in [-0.2, -0.15) is 13.2 Å². The van der Waals surface area contributed by atoms with E-state index in [1.54, 1.807) is 0 Å². The topological polar surface area (TPSA) is 62.2 Å². The average molecular weight is 266 g/mol. The Bertz CT molecular complexity index is 416. The molecule has 0 spiro atoms. The van der Waals surface area contributed by atoms with Crippen molar-refractivity contribution in [3.05, 3.63) is 35.4 Å². The zero-order valence-corrected chi connectivity index (χ0v) is 9.48. The van der Waals surface area contributed by atoms with E-state index >= 15 is 0 Å². The Morgan fingerprint density at radius 1 is 1.41 bits per heavy atom. The molecule has 0 heterocycles. The van der Waals surface area contributed by atoms with Gasteiger partial charge in [-0.25, -0.2) is 0 Å². The Balaban J connectivity index is 0.00000256. The minimum atomic E-state index is -4.36. The first-order valence-electron chi connectivity index (χ1n) is 4.39. The number of nitrogens with zero attached hydrogens (tertiary/aromatic N) is 1. The van der Waals surface area contributed by atoms with E-state index in [-0.39, 0.29) is 24.8 Å². The van der Waals surface area contributed by atoms with Crippen molar-refractivity contribution in [1.29, 1.82) is 5.41 Å². The maximum Gasteiger partial charge on any atom is 0.416 e. The van der Waals surface area contributed by atoms with Crippen LogP contribution in [0.25, 0.3) is 0 Å². The van der Waals surface area contributed by atoms with E-state index in [1.807, 2.05) is 0 Å². The average Bonchev–Trinajstić information content (AvgIpc) is 2.16. The molecule has 94 valence electrons. The van der Waals surface area contributed by atoms with Crippen molar-refractivity contribution < 1.29 is 13.2 Å². The van der Waals surface area contributed by atoms with E-state index in [2.05, 4.69) is 4.99 Å². The third-order valence-electron chi connectivity index (χ3n) is 1.72. The number of hydrogen-bond acceptors (Lipinski definition) is 2. The van der Waals surface area contributed by atoms with Crippen LogP contribution in [0.15, 0.2) is 29.3 Å². The molecule has 3 nitrogen and oxygen atoms in total. The summed E-state index contributed by atoms with van der Waals surface area (Å²) in [6, 6.07) is 4.78. The first kappa shape index (κ1) is 15.4. The van der Waals surface area contributed by atoms with Gasteiger partial charge in [-0.3, -0.25) is 10.4 Å². The second-order valence-corrected chi connectivity index (χ2v) is 3.12. The lowest BCUT2D eigenvalue weighted by Gasteiger charge is -2.06. The van der Waals surface area contributed by atoms with Crippen LogP contribution in [0.4, 0.5) is 13.2 Å². The van der Waals surface area contributed by atoms with Crippen LogP contribution in [-0.2, 0) is 6.18 Å². The Kier molecular flexibility index (Phi) is 5.67. The number of amidine groups is 1. The molecule has 3 N–H and O–H groups in total. The van der Waals surface area contributed by atoms with Gasteiger partial charge in [0, 0.05) is 6.21 Å². The lowest BCUT2D eigenvalue weighted by atomic mass is 10.1. The summed E-state index contributed by atoms with van der Waals surface area (Å²) >= 11 is 0. The van der Waals surface area contributed by atoms with E-state index in [1.165, 1.54) is 18.3 Å². The van der Waals surface area contributed by atoms with E-state index in [0.717, 1.165) is 12.1 Å². The second-order valence-electron chi connectivity index (χ2n) is 3.12. The molecule has 0 aliphatic heterocycles. The van der Waals surface area contributed by atoms with Crippen LogP contribution in [-0.4, -0.2) is 18.6 Å². The number of rotatable bonds is 3. The molecule has 1 aromatic carbocycles. The standard InChI is InChI=1S/C10H10F3N3.ClH/c11-10(12,13)8-3-1-2-7(4-8)5-16-6-9(14)15;/h1-5H,6H2,(H3,14,15);1H. The minimum Gasteiger partial charge on any atom is -0.386 e. The van der Waals surface area contributed by atoms with Crippen LogP contribution < -0.4 is 5.73 Å². The molecule has 0 fully saturated rings. The first-order chi connectivity index (χ1) is 7.39. The molecule has 0 aromatic heterocycles. The fourth-order valence-corrected chi connectivity index (χ4v) is 1.04. The van der Waals surface area contributed by atoms with Gasteiger partial charge in [0.2, 0.25) is 0 Å². The van der Waals surface area contributed by atoms with Crippen LogP contribution >= 0.6 is 12.4 Å². The molecule has 0 unspecified atom stereocenters. The van der Waals surface area contributed by atoms with Gasteiger partial charge in [0.25, 0.3) is 0 Å². The third-order valence-corrected chi connectivity index (χ3v) is 1.72. The molecular weight excluding hydrogens is 255 g/mol. The van der Waals surface area contributed by atoms with Crippen LogP contribution in [0.2, 0.25) is 0 Å². The largest absolute Gasteiger partial charge is 0.416 e. The van der Waals surface area contributed by atoms with E-state index in [9.17, 15) is 13.2 Å². The summed E-state index contributed by atoms with van der Waals surface area (Å²) in [5.74, 6) is -0.136. The highest BCUT2D eigenvalue weighted by molar-refractivity contribution is 5.85. The number of alkyl halides is 3. The minimum absolute atomic E-state index is 0. The SMILES string of the molecule is Cl.N=C(N)CN=Cc1cccc(C(F)(F)F)c1. The van der Waals surface area contributed by atoms with Gasteiger partial charge in [-0.15, -0.1) is 12.4 Å². The molecule has 1 rings (SSSR count). The molecule has 7 heteroatoms. The molecule has 0 amide bonds. The molecule has 17 heavy (non-hydrogen) atoms. The van der Waals surface area contributed by atoms with Gasteiger partial charge in [0.15, 0.2) is 0 Å². The van der Waals surface area contributed by atoms with Crippen molar-refractivity contribution >= 4 is 24.5 Å². The predicted molar refractivity (Wildman–Crippen MR) is 63.1 cm³/mol. The lowest BCUT2D eigenvalue weighted by molar-refractivity contribution is -0.137. The van der Waals surface area contributed by atoms with E-state index < -0.39 is 11.7 Å². The van der Waals surface area contributed by atoms with Gasteiger partial charge in [0.05, 0.1) is 12.1 Å². The van der Waals surface area contributed by atoms with Crippen molar-refractivity contribution in [3.8, 4) is 0 Å². The highest BCUT2D eigenvalue weighted by atomic mass is 35.5. The van der Waals surface area contributed by atoms with Gasteiger partial charge < -0.3 is 5.73 Å². The highest BCUT2D eigenvalue weighted by Crippen LogP contribution is 2.29. The van der Waals surface area contributed by atoms with Gasteiger partial charge in [0.1, 0.15) is 5.84 Å². The normalized spacial score (nSPS) is 11.2. The number of nitrogens with two attached hydrogens (primary N) is 1. The predicted octanol–water partition coefficient (Wildman–Crippen LogP) is 2.48. The summed E-state index contributed by atoms with van der Waals surface area (Å²) in [7, 11) is 0. The number of halogens is 4. The fraction of sp³-hybridized carbons (Fsp3) is 0.200. The smallest absolute Gasteiger partial charge is 0.386 e. The number of aliphatic imine (C=N–C) groups is 1. The van der Waals surface area contributed by atoms with Gasteiger partial charge >= 0.3 is 6.18 Å². The number of hydrogen-bond donors (Lipinski definition) is 2. The summed E-state index contributed by atoms with van der Waals surface area (Å²) in [5, 5.41) is 6.89. The van der Waals surface area contributed by atoms with Crippen LogP contribution in [0.3, 0.4) is 0 Å². The Morgan fingerprint density at radius 2 is 2.06 bits per heavy atom. The zero-order valence-electron chi connectivity index (χ0n) is 8.66. The van der Waals surface area contributed by atoms with Crippen LogP contribution in [0.5, 0.6) is 0 Å². The summed E-state index contributed by atoms with van der Waals surface area (Å²) in [6.45, 7) is -0.0176. The molecule has 0 atom stereocenters. The van der Waals surface area contributed by atoms with Crippen LogP contribution in [0.1, 0.15) is 11.1 Å². The summed E-state index contributed by atoms with van der Waals surface area (Å²) < 4.78 is 37.0. The summed E-state index contributed by atoms with van der Waals surface area (Å²) in [4.78, 5) is 3.72. The van der Waals surface area contributed by atoms with Gasteiger partial charge in [-0.1, -0.05) is 12.1 Å². The molecule has 1 aromatic rings. The maximum absolute atomic E-state index is 12.3. The molecular formula is C10H11ClF3N3. The summed E-state index contributed by atoms with van der Waals surface area (Å²) in [6.07, 6.45) is -3.10. The second kappa shape index (κ2) is 6.24. The Hall–Kier alpha value is -1.56. The third kappa shape index (κ3) is 5.35. The monoisotopic (exact) mass is 265 g/mol. The van der Waals surface area contributed by atoms with Crippen molar-refractivity contribution in [2.75, 3.05) is 6.54 Å². The van der Waals surface area contributed by atoms with E-state index in [0.29, 0.717) is 5.56 Å². The molecule has 0 saturated carbocycles. The van der Waals surface area contributed by atoms with Crippen LogP contribution in [0, 0.1) is 5.41 Å². The van der Waals surface area contributed by atoms with Gasteiger partial charge in [-0.05, 0) is 17.7 Å². The quantitative estimate of drug-likeness (QED) is 0.640. The molecule has 0 saturated heterocycles. The van der Waals surface area contributed by atoms with E-state index in [4.69, 9.17) is 11.1 Å². The van der Waals surface area contributed by atoms with Crippen molar-refractivity contribution in [2.45, 2.75) is 6.18 Å². The lowest BCUT2D eigenvalue weighted by Crippen LogP contribution is -2.13. The first-order valence-corrected chi connectivity index (χ1v) is 4.39. The molecule has 0 radical (unpaired) electrons. The van der Waals surface area contributed by atoms with Crippen molar-refractivity contribution in [3.63, 3.8) is 0 Å². The van der Waals surface area contributed by atoms with Crippen molar-refractivity contribution in [1.82, 2.24) is 0 Å². The maximum atomic E-state index is 12.3. The zero-order chi connectivity index (χ0) is 12.2. The summed E-state index contributed by atoms with van der Waals surface area (Å²) in [5.41, 5.74) is 4.65. The Morgan fingerprint density at radius 3 is 2.59 bits per heavy atom. The molecule has 0 aliphatic carbocycles. The highest BCUT2D eigenvalue weighted by Gasteiger charge is 2.30. The van der Waals surface area contributed by atoms with Crippen molar-refractivity contribution in [2.24, 2.45) is 10.7 Å². The fourth-order valence-electron chi connectivity index (χ4n) is 1.04. The molecule has 0 aliphatic rings. The number of nitrogens with one attached hydrogen (secondary N) is 1. The molecule has 0 bridgehead atoms.